The highest BCUT2D eigenvalue weighted by molar-refractivity contribution is 5.59. The summed E-state index contributed by atoms with van der Waals surface area (Å²) >= 11 is 0. The third-order valence-corrected chi connectivity index (χ3v) is 4.95. The first-order chi connectivity index (χ1) is 13.2. The van der Waals surface area contributed by atoms with Crippen molar-refractivity contribution in [3.05, 3.63) is 66.4 Å². The summed E-state index contributed by atoms with van der Waals surface area (Å²) in [6.07, 6.45) is 1.71. The minimum absolute atomic E-state index is 0.694. The molecule has 1 aliphatic rings. The van der Waals surface area contributed by atoms with Gasteiger partial charge in [-0.05, 0) is 36.8 Å². The molecule has 2 heterocycles. The maximum absolute atomic E-state index is 4.74. The van der Waals surface area contributed by atoms with Crippen LogP contribution in [0.4, 0.5) is 23.1 Å². The van der Waals surface area contributed by atoms with Gasteiger partial charge in [0.05, 0.1) is 6.20 Å². The van der Waals surface area contributed by atoms with Gasteiger partial charge in [0.2, 0.25) is 5.95 Å². The standard InChI is InChI=1S/C21H24N6/c1-17-7-6-10-19(15-17)26-11-13-27(14-12-26)21-23-20(16-22-24-21)25(2)18-8-4-3-5-9-18/h3-10,15-16H,11-14H2,1-2H3. The summed E-state index contributed by atoms with van der Waals surface area (Å²) in [7, 11) is 2.00. The van der Waals surface area contributed by atoms with Crippen molar-refractivity contribution in [2.24, 2.45) is 0 Å². The van der Waals surface area contributed by atoms with Crippen molar-refractivity contribution in [3.8, 4) is 0 Å². The molecule has 27 heavy (non-hydrogen) atoms. The predicted molar refractivity (Wildman–Crippen MR) is 110 cm³/mol. The highest BCUT2D eigenvalue weighted by Gasteiger charge is 2.20. The molecule has 3 aromatic rings. The summed E-state index contributed by atoms with van der Waals surface area (Å²) in [5.74, 6) is 1.49. The zero-order valence-electron chi connectivity index (χ0n) is 15.8. The van der Waals surface area contributed by atoms with Gasteiger partial charge in [0.25, 0.3) is 0 Å². The van der Waals surface area contributed by atoms with Gasteiger partial charge in [-0.1, -0.05) is 30.3 Å². The van der Waals surface area contributed by atoms with Gasteiger partial charge in [-0.3, -0.25) is 0 Å². The summed E-state index contributed by atoms with van der Waals surface area (Å²) in [6.45, 7) is 5.80. The molecule has 6 nitrogen and oxygen atoms in total. The van der Waals surface area contributed by atoms with Crippen LogP contribution in [0.25, 0.3) is 0 Å². The van der Waals surface area contributed by atoms with E-state index in [1.54, 1.807) is 6.20 Å². The van der Waals surface area contributed by atoms with E-state index in [0.29, 0.717) is 5.95 Å². The second kappa shape index (κ2) is 7.61. The molecule has 0 N–H and O–H groups in total. The van der Waals surface area contributed by atoms with Gasteiger partial charge < -0.3 is 14.7 Å². The lowest BCUT2D eigenvalue weighted by molar-refractivity contribution is 0.634. The fourth-order valence-electron chi connectivity index (χ4n) is 3.35. The molecule has 1 aromatic heterocycles. The van der Waals surface area contributed by atoms with Crippen molar-refractivity contribution in [2.45, 2.75) is 6.92 Å². The van der Waals surface area contributed by atoms with E-state index in [1.165, 1.54) is 11.3 Å². The summed E-state index contributed by atoms with van der Waals surface area (Å²) in [5, 5.41) is 8.46. The minimum Gasteiger partial charge on any atom is -0.368 e. The van der Waals surface area contributed by atoms with Crippen LogP contribution >= 0.6 is 0 Å². The molecule has 0 spiro atoms. The number of aromatic nitrogens is 3. The van der Waals surface area contributed by atoms with Crippen molar-refractivity contribution in [3.63, 3.8) is 0 Å². The van der Waals surface area contributed by atoms with Crippen molar-refractivity contribution in [2.75, 3.05) is 47.9 Å². The fraction of sp³-hybridized carbons (Fsp3) is 0.286. The van der Waals surface area contributed by atoms with Gasteiger partial charge in [0.15, 0.2) is 5.82 Å². The molecule has 0 radical (unpaired) electrons. The Balaban J connectivity index is 1.46. The Kier molecular flexibility index (Phi) is 4.87. The second-order valence-corrected chi connectivity index (χ2v) is 6.82. The molecule has 1 fully saturated rings. The van der Waals surface area contributed by atoms with Crippen LogP contribution in [0, 0.1) is 6.92 Å². The third-order valence-electron chi connectivity index (χ3n) is 4.95. The van der Waals surface area contributed by atoms with Crippen LogP contribution in [0.5, 0.6) is 0 Å². The highest BCUT2D eigenvalue weighted by Crippen LogP contribution is 2.23. The van der Waals surface area contributed by atoms with Gasteiger partial charge >= 0.3 is 0 Å². The van der Waals surface area contributed by atoms with Crippen molar-refractivity contribution >= 4 is 23.1 Å². The third kappa shape index (κ3) is 3.84. The van der Waals surface area contributed by atoms with E-state index in [-0.39, 0.29) is 0 Å². The van der Waals surface area contributed by atoms with Crippen molar-refractivity contribution < 1.29 is 0 Å². The Morgan fingerprint density at radius 2 is 1.63 bits per heavy atom. The van der Waals surface area contributed by atoms with E-state index < -0.39 is 0 Å². The molecule has 0 amide bonds. The number of hydrogen-bond acceptors (Lipinski definition) is 6. The zero-order valence-corrected chi connectivity index (χ0v) is 15.8. The molecule has 4 rings (SSSR count). The molecule has 0 bridgehead atoms. The van der Waals surface area contributed by atoms with Crippen LogP contribution in [0.2, 0.25) is 0 Å². The monoisotopic (exact) mass is 360 g/mol. The fourth-order valence-corrected chi connectivity index (χ4v) is 3.35. The molecule has 1 aliphatic heterocycles. The SMILES string of the molecule is Cc1cccc(N2CCN(c3nncc(N(C)c4ccccc4)n3)CC2)c1. The van der Waals surface area contributed by atoms with Gasteiger partial charge in [-0.2, -0.15) is 10.1 Å². The van der Waals surface area contributed by atoms with Crippen LogP contribution in [0.3, 0.4) is 0 Å². The smallest absolute Gasteiger partial charge is 0.247 e. The van der Waals surface area contributed by atoms with Gasteiger partial charge in [-0.15, -0.1) is 5.10 Å². The number of piperazine rings is 1. The molecule has 6 heteroatoms. The maximum Gasteiger partial charge on any atom is 0.247 e. The largest absolute Gasteiger partial charge is 0.368 e. The average Bonchev–Trinajstić information content (AvgIpc) is 2.74. The van der Waals surface area contributed by atoms with Gasteiger partial charge in [-0.25, -0.2) is 0 Å². The van der Waals surface area contributed by atoms with Gasteiger partial charge in [0.1, 0.15) is 0 Å². The van der Waals surface area contributed by atoms with Crippen molar-refractivity contribution in [1.29, 1.82) is 0 Å². The average molecular weight is 360 g/mol. The van der Waals surface area contributed by atoms with E-state index in [4.69, 9.17) is 4.98 Å². The summed E-state index contributed by atoms with van der Waals surface area (Å²) < 4.78 is 0. The summed E-state index contributed by atoms with van der Waals surface area (Å²) in [4.78, 5) is 11.4. The van der Waals surface area contributed by atoms with E-state index in [9.17, 15) is 0 Å². The molecular formula is C21H24N6. The van der Waals surface area contributed by atoms with Crippen LogP contribution in [0.1, 0.15) is 5.56 Å². The number of nitrogens with zero attached hydrogens (tertiary/aromatic N) is 6. The molecule has 1 saturated heterocycles. The van der Waals surface area contributed by atoms with Gasteiger partial charge in [0, 0.05) is 44.6 Å². The molecule has 0 atom stereocenters. The van der Waals surface area contributed by atoms with Crippen molar-refractivity contribution in [1.82, 2.24) is 15.2 Å². The number of rotatable bonds is 4. The lowest BCUT2D eigenvalue weighted by atomic mass is 10.2. The Morgan fingerprint density at radius 1 is 0.889 bits per heavy atom. The zero-order chi connectivity index (χ0) is 18.6. The van der Waals surface area contributed by atoms with E-state index in [1.807, 2.05) is 30.1 Å². The van der Waals surface area contributed by atoms with Crippen LogP contribution in [0.15, 0.2) is 60.8 Å². The van der Waals surface area contributed by atoms with E-state index in [0.717, 1.165) is 37.7 Å². The normalized spacial score (nSPS) is 14.3. The Hall–Kier alpha value is -3.15. The first kappa shape index (κ1) is 17.3. The first-order valence-corrected chi connectivity index (χ1v) is 9.26. The number of benzene rings is 2. The maximum atomic E-state index is 4.74. The topological polar surface area (TPSA) is 48.4 Å². The quantitative estimate of drug-likeness (QED) is 0.712. The summed E-state index contributed by atoms with van der Waals surface area (Å²) in [5.41, 5.74) is 3.65. The Morgan fingerprint density at radius 3 is 2.37 bits per heavy atom. The lowest BCUT2D eigenvalue weighted by Crippen LogP contribution is -2.47. The minimum atomic E-state index is 0.694. The number of para-hydroxylation sites is 1. The number of hydrogen-bond donors (Lipinski definition) is 0. The van der Waals surface area contributed by atoms with Crippen LogP contribution in [-0.4, -0.2) is 48.4 Å². The second-order valence-electron chi connectivity index (χ2n) is 6.82. The Labute approximate surface area is 160 Å². The number of aryl methyl sites for hydroxylation is 1. The van der Waals surface area contributed by atoms with Crippen LogP contribution < -0.4 is 14.7 Å². The predicted octanol–water partition coefficient (Wildman–Crippen LogP) is 3.27. The number of anilines is 4. The Bertz CT molecular complexity index is 890. The molecule has 0 unspecified atom stereocenters. The first-order valence-electron chi connectivity index (χ1n) is 9.26. The molecule has 2 aromatic carbocycles. The van der Waals surface area contributed by atoms with E-state index in [2.05, 4.69) is 63.3 Å². The summed E-state index contributed by atoms with van der Waals surface area (Å²) in [6, 6.07) is 18.8. The molecule has 0 saturated carbocycles. The molecule has 0 aliphatic carbocycles. The lowest BCUT2D eigenvalue weighted by Gasteiger charge is -2.36. The van der Waals surface area contributed by atoms with Crippen LogP contribution in [-0.2, 0) is 0 Å². The van der Waals surface area contributed by atoms with E-state index >= 15 is 0 Å². The molecular weight excluding hydrogens is 336 g/mol. The highest BCUT2D eigenvalue weighted by atomic mass is 15.4. The molecule has 138 valence electrons.